The molecule has 0 aromatic carbocycles. The van der Waals surface area contributed by atoms with Gasteiger partial charge in [0.15, 0.2) is 5.75 Å². The number of carbonyl (C=O) groups is 1. The molecule has 0 unspecified atom stereocenters. The average Bonchev–Trinajstić information content (AvgIpc) is 2.77. The van der Waals surface area contributed by atoms with Crippen LogP contribution in [0.15, 0.2) is 12.4 Å². The number of rotatable bonds is 7. The lowest BCUT2D eigenvalue weighted by molar-refractivity contribution is -0.110. The van der Waals surface area contributed by atoms with Crippen molar-refractivity contribution in [1.82, 2.24) is 14.9 Å². The predicted molar refractivity (Wildman–Crippen MR) is 133 cm³/mol. The molecule has 0 spiro atoms. The summed E-state index contributed by atoms with van der Waals surface area (Å²) in [6, 6.07) is 0. The number of carbonyl (C=O) groups excluding carboxylic acids is 1. The fourth-order valence-electron chi connectivity index (χ4n) is 4.62. The van der Waals surface area contributed by atoms with E-state index in [0.29, 0.717) is 50.7 Å². The van der Waals surface area contributed by atoms with Gasteiger partial charge in [-0.2, -0.15) is 8.42 Å². The topological polar surface area (TPSA) is 120 Å². The Morgan fingerprint density at radius 3 is 2.06 bits per heavy atom. The van der Waals surface area contributed by atoms with Crippen LogP contribution in [0.1, 0.15) is 59.3 Å². The first-order valence-electron chi connectivity index (χ1n) is 12.7. The van der Waals surface area contributed by atoms with Crippen molar-refractivity contribution < 1.29 is 31.6 Å². The number of anilines is 1. The van der Waals surface area contributed by atoms with E-state index in [1.165, 1.54) is 0 Å². The lowest BCUT2D eigenvalue weighted by Gasteiger charge is -2.40. The van der Waals surface area contributed by atoms with Crippen LogP contribution >= 0.6 is 0 Å². The lowest BCUT2D eigenvalue weighted by atomic mass is 9.91. The van der Waals surface area contributed by atoms with Gasteiger partial charge in [0.25, 0.3) is 10.1 Å². The Bertz CT molecular complexity index is 977. The van der Waals surface area contributed by atoms with E-state index in [1.807, 2.05) is 25.7 Å². The first-order valence-corrected chi connectivity index (χ1v) is 14.5. The first-order chi connectivity index (χ1) is 16.9. The molecule has 1 amide bonds. The molecule has 3 heterocycles. The van der Waals surface area contributed by atoms with Crippen molar-refractivity contribution in [3.63, 3.8) is 0 Å². The summed E-state index contributed by atoms with van der Waals surface area (Å²) < 4.78 is 45.3. The number of likely N-dealkylation sites (tertiary alicyclic amines) is 1. The van der Waals surface area contributed by atoms with E-state index in [-0.39, 0.29) is 30.5 Å². The van der Waals surface area contributed by atoms with E-state index in [4.69, 9.17) is 18.4 Å². The minimum absolute atomic E-state index is 0.0789. The number of piperidine rings is 2. The smallest absolute Gasteiger partial charge is 0.410 e. The molecule has 1 aliphatic carbocycles. The molecule has 202 valence electrons. The highest BCUT2D eigenvalue weighted by molar-refractivity contribution is 7.86. The van der Waals surface area contributed by atoms with Crippen molar-refractivity contribution >= 4 is 22.2 Å². The molecule has 11 nitrogen and oxygen atoms in total. The number of ether oxygens (including phenoxy) is 3. The van der Waals surface area contributed by atoms with Gasteiger partial charge in [0.05, 0.1) is 37.0 Å². The van der Waals surface area contributed by atoms with E-state index < -0.39 is 15.7 Å². The van der Waals surface area contributed by atoms with Gasteiger partial charge in [-0.05, 0) is 46.5 Å². The highest BCUT2D eigenvalue weighted by Crippen LogP contribution is 2.31. The summed E-state index contributed by atoms with van der Waals surface area (Å²) in [6.45, 7) is 8.21. The molecule has 0 bridgehead atoms. The Hall–Kier alpha value is -2.18. The standard InChI is InChI=1S/C24H38N4O7S/c1-24(2,3)34-23(29)28-11-5-17(6-12-28)32-19-13-20(14-19)33-21-15-25-22(26-16-21)27-9-7-18(8-10-27)35-36(4,30)31/h15-20H,5-14H2,1-4H3. The Morgan fingerprint density at radius 1 is 0.917 bits per heavy atom. The second kappa shape index (κ2) is 11.1. The van der Waals surface area contributed by atoms with E-state index >= 15 is 0 Å². The maximum absolute atomic E-state index is 12.2. The van der Waals surface area contributed by atoms with Crippen LogP contribution in [0.5, 0.6) is 5.75 Å². The van der Waals surface area contributed by atoms with Crippen LogP contribution < -0.4 is 9.64 Å². The van der Waals surface area contributed by atoms with Crippen LogP contribution in [0.2, 0.25) is 0 Å². The predicted octanol–water partition coefficient (Wildman–Crippen LogP) is 2.75. The third-order valence-corrected chi connectivity index (χ3v) is 7.10. The van der Waals surface area contributed by atoms with E-state index in [0.717, 1.165) is 31.9 Å². The normalized spacial score (nSPS) is 24.3. The molecule has 12 heteroatoms. The number of aromatic nitrogens is 2. The molecule has 0 N–H and O–H groups in total. The summed E-state index contributed by atoms with van der Waals surface area (Å²) in [6.07, 6.45) is 8.80. The molecule has 1 aromatic heterocycles. The Balaban J connectivity index is 1.13. The van der Waals surface area contributed by atoms with Crippen LogP contribution in [-0.2, 0) is 23.8 Å². The SMILES string of the molecule is CC(C)(C)OC(=O)N1CCC(OC2CC(Oc3cnc(N4CCC(OS(C)(=O)=O)CC4)nc3)C2)CC1. The molecule has 3 aliphatic rings. The average molecular weight is 527 g/mol. The van der Waals surface area contributed by atoms with E-state index in [2.05, 4.69) is 9.97 Å². The van der Waals surface area contributed by atoms with Gasteiger partial charge in [0, 0.05) is 39.0 Å². The third-order valence-electron chi connectivity index (χ3n) is 6.48. The molecule has 4 rings (SSSR count). The maximum atomic E-state index is 12.2. The fourth-order valence-corrected chi connectivity index (χ4v) is 5.31. The minimum Gasteiger partial charge on any atom is -0.487 e. The van der Waals surface area contributed by atoms with Crippen molar-refractivity contribution in [3.05, 3.63) is 12.4 Å². The highest BCUT2D eigenvalue weighted by Gasteiger charge is 2.35. The molecule has 2 aliphatic heterocycles. The maximum Gasteiger partial charge on any atom is 0.410 e. The number of hydrogen-bond acceptors (Lipinski definition) is 10. The molecule has 0 atom stereocenters. The molecular formula is C24H38N4O7S. The van der Waals surface area contributed by atoms with Crippen LogP contribution in [0.25, 0.3) is 0 Å². The van der Waals surface area contributed by atoms with Crippen molar-refractivity contribution in [2.24, 2.45) is 0 Å². The van der Waals surface area contributed by atoms with Gasteiger partial charge in [-0.1, -0.05) is 0 Å². The summed E-state index contributed by atoms with van der Waals surface area (Å²) in [7, 11) is -3.44. The zero-order valence-corrected chi connectivity index (χ0v) is 22.4. The molecule has 1 aromatic rings. The van der Waals surface area contributed by atoms with Crippen LogP contribution in [-0.4, -0.2) is 91.8 Å². The van der Waals surface area contributed by atoms with Crippen LogP contribution in [0.3, 0.4) is 0 Å². The highest BCUT2D eigenvalue weighted by atomic mass is 32.2. The fraction of sp³-hybridized carbons (Fsp3) is 0.792. The third kappa shape index (κ3) is 7.91. The largest absolute Gasteiger partial charge is 0.487 e. The number of nitrogens with zero attached hydrogens (tertiary/aromatic N) is 4. The van der Waals surface area contributed by atoms with Crippen LogP contribution in [0.4, 0.5) is 10.7 Å². The van der Waals surface area contributed by atoms with Crippen molar-refractivity contribution in [3.8, 4) is 5.75 Å². The lowest BCUT2D eigenvalue weighted by Crippen LogP contribution is -2.46. The molecule has 3 fully saturated rings. The molecular weight excluding hydrogens is 488 g/mol. The Morgan fingerprint density at radius 2 is 1.50 bits per heavy atom. The summed E-state index contributed by atoms with van der Waals surface area (Å²) in [5.74, 6) is 1.23. The Labute approximate surface area is 213 Å². The minimum atomic E-state index is -3.44. The summed E-state index contributed by atoms with van der Waals surface area (Å²) in [5, 5.41) is 0. The number of hydrogen-bond donors (Lipinski definition) is 0. The number of amides is 1. The van der Waals surface area contributed by atoms with Crippen molar-refractivity contribution in [2.45, 2.75) is 89.3 Å². The van der Waals surface area contributed by atoms with Gasteiger partial charge in [-0.15, -0.1) is 0 Å². The second-order valence-corrected chi connectivity index (χ2v) is 12.4. The van der Waals surface area contributed by atoms with Gasteiger partial charge in [-0.3, -0.25) is 4.18 Å². The first kappa shape index (κ1) is 26.9. The van der Waals surface area contributed by atoms with Crippen molar-refractivity contribution in [1.29, 1.82) is 0 Å². The zero-order valence-electron chi connectivity index (χ0n) is 21.6. The summed E-state index contributed by atoms with van der Waals surface area (Å²) in [4.78, 5) is 24.8. The molecule has 2 saturated heterocycles. The van der Waals surface area contributed by atoms with Gasteiger partial charge in [-0.25, -0.2) is 14.8 Å². The molecule has 0 radical (unpaired) electrons. The van der Waals surface area contributed by atoms with Gasteiger partial charge < -0.3 is 24.0 Å². The van der Waals surface area contributed by atoms with Gasteiger partial charge in [0.2, 0.25) is 5.95 Å². The Kier molecular flexibility index (Phi) is 8.25. The van der Waals surface area contributed by atoms with Gasteiger partial charge in [0.1, 0.15) is 11.7 Å². The monoisotopic (exact) mass is 526 g/mol. The molecule has 36 heavy (non-hydrogen) atoms. The molecule has 1 saturated carbocycles. The summed E-state index contributed by atoms with van der Waals surface area (Å²) >= 11 is 0. The van der Waals surface area contributed by atoms with Gasteiger partial charge >= 0.3 is 6.09 Å². The second-order valence-electron chi connectivity index (χ2n) is 10.8. The summed E-state index contributed by atoms with van der Waals surface area (Å²) in [5.41, 5.74) is -0.481. The van der Waals surface area contributed by atoms with Crippen molar-refractivity contribution in [2.75, 3.05) is 37.3 Å². The zero-order chi connectivity index (χ0) is 25.9. The van der Waals surface area contributed by atoms with E-state index in [9.17, 15) is 13.2 Å². The quantitative estimate of drug-likeness (QED) is 0.490. The van der Waals surface area contributed by atoms with E-state index in [1.54, 1.807) is 17.3 Å². The van der Waals surface area contributed by atoms with Crippen LogP contribution in [0, 0.1) is 0 Å².